The van der Waals surface area contributed by atoms with Gasteiger partial charge < -0.3 is 19.8 Å². The first-order valence-corrected chi connectivity index (χ1v) is 10.0. The van der Waals surface area contributed by atoms with E-state index in [0.29, 0.717) is 23.9 Å². The number of methoxy groups -OCH3 is 1. The van der Waals surface area contributed by atoms with Crippen molar-refractivity contribution in [3.05, 3.63) is 39.6 Å². The van der Waals surface area contributed by atoms with Crippen LogP contribution in [0.2, 0.25) is 10.0 Å². The summed E-state index contributed by atoms with van der Waals surface area (Å²) in [5, 5.41) is 25.0. The topological polar surface area (TPSA) is 70.8 Å². The normalized spacial score (nSPS) is 17.8. The molecule has 3 rings (SSSR count). The average molecular weight is 468 g/mol. The van der Waals surface area contributed by atoms with E-state index in [4.69, 9.17) is 27.9 Å². The highest BCUT2D eigenvalue weighted by Crippen LogP contribution is 2.37. The molecule has 2 aromatic rings. The van der Waals surface area contributed by atoms with Crippen LogP contribution in [0.3, 0.4) is 0 Å². The van der Waals surface area contributed by atoms with Gasteiger partial charge in [0.25, 0.3) is 0 Å². The maximum atomic E-state index is 13.0. The minimum absolute atomic E-state index is 0.0809. The van der Waals surface area contributed by atoms with Crippen LogP contribution in [0.4, 0.5) is 18.9 Å². The van der Waals surface area contributed by atoms with E-state index in [2.05, 4.69) is 5.10 Å². The summed E-state index contributed by atoms with van der Waals surface area (Å²) in [7, 11) is 1.52. The first-order chi connectivity index (χ1) is 14.0. The number of aliphatic hydroxyl groups is 2. The smallest absolute Gasteiger partial charge is 0.436 e. The van der Waals surface area contributed by atoms with Crippen LogP contribution in [0.25, 0.3) is 0 Å². The van der Waals surface area contributed by atoms with Gasteiger partial charge in [-0.2, -0.15) is 18.3 Å². The Morgan fingerprint density at radius 3 is 2.43 bits per heavy atom. The molecule has 1 atom stereocenters. The summed E-state index contributed by atoms with van der Waals surface area (Å²) in [5.41, 5.74) is -1.72. The van der Waals surface area contributed by atoms with E-state index in [1.165, 1.54) is 14.0 Å². The van der Waals surface area contributed by atoms with Crippen LogP contribution < -0.4 is 9.64 Å². The molecule has 1 aromatic carbocycles. The van der Waals surface area contributed by atoms with Gasteiger partial charge in [-0.05, 0) is 31.9 Å². The van der Waals surface area contributed by atoms with Gasteiger partial charge in [0.2, 0.25) is 0 Å². The van der Waals surface area contributed by atoms with Crippen molar-refractivity contribution in [1.82, 2.24) is 9.78 Å². The third-order valence-corrected chi connectivity index (χ3v) is 6.26. The van der Waals surface area contributed by atoms with Crippen molar-refractivity contribution < 1.29 is 28.1 Å². The Kier molecular flexibility index (Phi) is 6.48. The summed E-state index contributed by atoms with van der Waals surface area (Å²) in [4.78, 5) is 2.01. The van der Waals surface area contributed by atoms with Crippen molar-refractivity contribution in [1.29, 1.82) is 0 Å². The molecule has 1 aliphatic heterocycles. The van der Waals surface area contributed by atoms with Gasteiger partial charge in [0.15, 0.2) is 5.69 Å². The number of rotatable bonds is 5. The van der Waals surface area contributed by atoms with Gasteiger partial charge in [0.05, 0.1) is 35.0 Å². The van der Waals surface area contributed by atoms with E-state index in [1.807, 2.05) is 11.0 Å². The summed E-state index contributed by atoms with van der Waals surface area (Å²) in [6.07, 6.45) is -5.56. The van der Waals surface area contributed by atoms with E-state index in [1.54, 1.807) is 12.1 Å². The molecule has 0 radical (unpaired) electrons. The monoisotopic (exact) mass is 467 g/mol. The fraction of sp³-hybridized carbons (Fsp3) is 0.526. The maximum absolute atomic E-state index is 13.0. The van der Waals surface area contributed by atoms with E-state index in [0.717, 1.165) is 10.4 Å². The lowest BCUT2D eigenvalue weighted by Gasteiger charge is -2.42. The van der Waals surface area contributed by atoms with Gasteiger partial charge in [0, 0.05) is 24.8 Å². The minimum atomic E-state index is -4.69. The molecular formula is C19H22Cl2F3N3O3. The van der Waals surface area contributed by atoms with Crippen LogP contribution in [0, 0.1) is 6.92 Å². The quantitative estimate of drug-likeness (QED) is 0.697. The second-order valence-electron chi connectivity index (χ2n) is 7.35. The number of ether oxygens (including phenoxy) is 1. The largest absolute Gasteiger partial charge is 0.495 e. The Hall–Kier alpha value is -1.68. The van der Waals surface area contributed by atoms with Crippen LogP contribution in [0.15, 0.2) is 18.2 Å². The number of aromatic nitrogens is 2. The van der Waals surface area contributed by atoms with Gasteiger partial charge in [-0.25, -0.2) is 0 Å². The Bertz CT molecular complexity index is 912. The van der Waals surface area contributed by atoms with Gasteiger partial charge in [-0.3, -0.25) is 4.68 Å². The van der Waals surface area contributed by atoms with E-state index in [-0.39, 0.29) is 25.1 Å². The average Bonchev–Trinajstić information content (AvgIpc) is 2.98. The van der Waals surface area contributed by atoms with Crippen molar-refractivity contribution in [3.63, 3.8) is 0 Å². The number of nitrogens with zero attached hydrogens (tertiary/aromatic N) is 3. The number of hydrogen-bond donors (Lipinski definition) is 2. The van der Waals surface area contributed by atoms with Crippen LogP contribution in [-0.2, 0) is 12.7 Å². The predicted octanol–water partition coefficient (Wildman–Crippen LogP) is 3.92. The minimum Gasteiger partial charge on any atom is -0.495 e. The molecule has 0 spiro atoms. The molecular weight excluding hydrogens is 446 g/mol. The van der Waals surface area contributed by atoms with E-state index < -0.39 is 28.6 Å². The second-order valence-corrected chi connectivity index (χ2v) is 8.14. The Labute approximate surface area is 181 Å². The summed E-state index contributed by atoms with van der Waals surface area (Å²) >= 11 is 11.8. The van der Waals surface area contributed by atoms with Crippen LogP contribution in [0.1, 0.15) is 24.2 Å². The SMILES string of the molecule is COc1cc(N2CCC(O)(C(O)Cn3nc(C(F)(F)F)c(Cl)c3C)CC2)ccc1Cl. The maximum Gasteiger partial charge on any atom is 0.436 e. The molecule has 166 valence electrons. The number of hydrogen-bond acceptors (Lipinski definition) is 5. The summed E-state index contributed by atoms with van der Waals surface area (Å²) in [5.74, 6) is 0.529. The van der Waals surface area contributed by atoms with Gasteiger partial charge in [0.1, 0.15) is 11.9 Å². The second kappa shape index (κ2) is 8.45. The first-order valence-electron chi connectivity index (χ1n) is 9.25. The van der Waals surface area contributed by atoms with E-state index in [9.17, 15) is 23.4 Å². The fourth-order valence-electron chi connectivity index (χ4n) is 3.55. The molecule has 1 aromatic heterocycles. The number of piperidine rings is 1. The molecule has 2 N–H and O–H groups in total. The molecule has 1 unspecified atom stereocenters. The number of halogens is 5. The van der Waals surface area contributed by atoms with Crippen LogP contribution >= 0.6 is 23.2 Å². The molecule has 1 saturated heterocycles. The van der Waals surface area contributed by atoms with Crippen molar-refractivity contribution in [2.24, 2.45) is 0 Å². The highest BCUT2D eigenvalue weighted by atomic mass is 35.5. The van der Waals surface area contributed by atoms with Gasteiger partial charge in [-0.1, -0.05) is 23.2 Å². The Morgan fingerprint density at radius 2 is 1.90 bits per heavy atom. The van der Waals surface area contributed by atoms with Crippen molar-refractivity contribution in [2.75, 3.05) is 25.1 Å². The van der Waals surface area contributed by atoms with Crippen molar-refractivity contribution >= 4 is 28.9 Å². The lowest BCUT2D eigenvalue weighted by Crippen LogP contribution is -2.53. The zero-order chi connectivity index (χ0) is 22.3. The molecule has 30 heavy (non-hydrogen) atoms. The zero-order valence-electron chi connectivity index (χ0n) is 16.4. The van der Waals surface area contributed by atoms with Crippen LogP contribution in [0.5, 0.6) is 5.75 Å². The summed E-state index contributed by atoms with van der Waals surface area (Å²) in [6, 6.07) is 5.34. The lowest BCUT2D eigenvalue weighted by molar-refractivity contribution is -0.141. The molecule has 11 heteroatoms. The highest BCUT2D eigenvalue weighted by molar-refractivity contribution is 6.32. The predicted molar refractivity (Wildman–Crippen MR) is 107 cm³/mol. The van der Waals surface area contributed by atoms with Crippen molar-refractivity contribution in [3.8, 4) is 5.75 Å². The lowest BCUT2D eigenvalue weighted by atomic mass is 9.85. The van der Waals surface area contributed by atoms with Gasteiger partial charge >= 0.3 is 6.18 Å². The fourth-order valence-corrected chi connectivity index (χ4v) is 3.98. The number of anilines is 1. The third-order valence-electron chi connectivity index (χ3n) is 5.50. The third kappa shape index (κ3) is 4.49. The first kappa shape index (κ1) is 23.0. The number of alkyl halides is 3. The molecule has 0 aliphatic carbocycles. The molecule has 2 heterocycles. The molecule has 1 aliphatic rings. The molecule has 1 fully saturated rings. The van der Waals surface area contributed by atoms with Crippen molar-refractivity contribution in [2.45, 2.75) is 44.2 Å². The zero-order valence-corrected chi connectivity index (χ0v) is 17.9. The molecule has 6 nitrogen and oxygen atoms in total. The molecule has 0 bridgehead atoms. The summed E-state index contributed by atoms with van der Waals surface area (Å²) in [6.45, 7) is 1.96. The molecule has 0 amide bonds. The standard InChI is InChI=1S/C19H22Cl2F3N3O3/c1-11-16(21)17(19(22,23)24)25-27(11)10-15(28)18(29)5-7-26(8-6-18)12-3-4-13(20)14(9-12)30-2/h3-4,9,15,28-29H,5-8,10H2,1-2H3. The summed E-state index contributed by atoms with van der Waals surface area (Å²) < 4.78 is 45.2. The number of aliphatic hydroxyl groups excluding tert-OH is 1. The van der Waals surface area contributed by atoms with E-state index >= 15 is 0 Å². The van der Waals surface area contributed by atoms with Crippen LogP contribution in [-0.4, -0.2) is 51.9 Å². The Morgan fingerprint density at radius 1 is 1.27 bits per heavy atom. The Balaban J connectivity index is 1.69. The highest BCUT2D eigenvalue weighted by Gasteiger charge is 2.42. The number of benzene rings is 1. The molecule has 0 saturated carbocycles. The van der Waals surface area contributed by atoms with Gasteiger partial charge in [-0.15, -0.1) is 0 Å².